The van der Waals surface area contributed by atoms with E-state index in [-0.39, 0.29) is 23.8 Å². The summed E-state index contributed by atoms with van der Waals surface area (Å²) in [6.07, 6.45) is 4.72. The van der Waals surface area contributed by atoms with Crippen molar-refractivity contribution < 1.29 is 9.59 Å². The third kappa shape index (κ3) is 2.99. The summed E-state index contributed by atoms with van der Waals surface area (Å²) in [5.74, 6) is 0.223. The first kappa shape index (κ1) is 16.0. The Labute approximate surface area is 138 Å². The van der Waals surface area contributed by atoms with Crippen molar-refractivity contribution in [3.8, 4) is 0 Å². The molecule has 124 valence electrons. The highest BCUT2D eigenvalue weighted by molar-refractivity contribution is 6.00. The summed E-state index contributed by atoms with van der Waals surface area (Å²) in [4.78, 5) is 27.9. The van der Waals surface area contributed by atoms with Crippen LogP contribution in [0.2, 0.25) is 0 Å². The van der Waals surface area contributed by atoms with E-state index in [1.165, 1.54) is 0 Å². The van der Waals surface area contributed by atoms with Gasteiger partial charge in [-0.25, -0.2) is 0 Å². The van der Waals surface area contributed by atoms with Crippen LogP contribution in [0.5, 0.6) is 0 Å². The van der Waals surface area contributed by atoms with E-state index in [0.717, 1.165) is 37.7 Å². The molecule has 2 aliphatic rings. The first-order chi connectivity index (χ1) is 11.0. The Hall–Kier alpha value is -1.84. The maximum Gasteiger partial charge on any atom is 0.249 e. The summed E-state index contributed by atoms with van der Waals surface area (Å²) >= 11 is 0. The molecule has 1 aromatic rings. The van der Waals surface area contributed by atoms with E-state index < -0.39 is 5.54 Å². The van der Waals surface area contributed by atoms with Gasteiger partial charge in [0, 0.05) is 6.54 Å². The topological polar surface area (TPSA) is 49.4 Å². The van der Waals surface area contributed by atoms with E-state index in [2.05, 4.69) is 5.32 Å². The van der Waals surface area contributed by atoms with E-state index in [9.17, 15) is 9.59 Å². The number of piperazine rings is 1. The second-order valence-electron chi connectivity index (χ2n) is 7.24. The van der Waals surface area contributed by atoms with Crippen LogP contribution < -0.4 is 5.32 Å². The highest BCUT2D eigenvalue weighted by Crippen LogP contribution is 2.35. The summed E-state index contributed by atoms with van der Waals surface area (Å²) in [5, 5.41) is 3.10. The van der Waals surface area contributed by atoms with Gasteiger partial charge in [-0.1, -0.05) is 63.4 Å². The van der Waals surface area contributed by atoms with Crippen LogP contribution in [-0.4, -0.2) is 28.3 Å². The number of carbonyl (C=O) groups excluding carboxylic acids is 2. The summed E-state index contributed by atoms with van der Waals surface area (Å²) in [5.41, 5.74) is 0.419. The van der Waals surface area contributed by atoms with Gasteiger partial charge in [-0.15, -0.1) is 0 Å². The molecule has 2 fully saturated rings. The van der Waals surface area contributed by atoms with Crippen molar-refractivity contribution in [2.24, 2.45) is 5.92 Å². The second kappa shape index (κ2) is 6.34. The molecule has 1 spiro atoms. The minimum absolute atomic E-state index is 0.0115. The quantitative estimate of drug-likeness (QED) is 0.932. The molecule has 2 amide bonds. The predicted molar refractivity (Wildman–Crippen MR) is 89.6 cm³/mol. The maximum atomic E-state index is 13.3. The summed E-state index contributed by atoms with van der Waals surface area (Å²) < 4.78 is 0. The Morgan fingerprint density at radius 1 is 1.13 bits per heavy atom. The van der Waals surface area contributed by atoms with Gasteiger partial charge in [0.2, 0.25) is 11.8 Å². The highest BCUT2D eigenvalue weighted by Gasteiger charge is 2.51. The SMILES string of the molecule is CC(C)C1C(=O)NC2(CCCCC2)C(=O)N1Cc1ccccc1. The molecule has 1 aromatic carbocycles. The molecule has 0 bridgehead atoms. The molecule has 1 heterocycles. The zero-order chi connectivity index (χ0) is 16.4. The highest BCUT2D eigenvalue weighted by atomic mass is 16.2. The second-order valence-corrected chi connectivity index (χ2v) is 7.24. The van der Waals surface area contributed by atoms with Crippen molar-refractivity contribution in [2.45, 2.75) is 64.1 Å². The molecule has 0 aromatic heterocycles. The molecule has 1 saturated carbocycles. The number of hydrogen-bond donors (Lipinski definition) is 1. The number of nitrogens with zero attached hydrogens (tertiary/aromatic N) is 1. The lowest BCUT2D eigenvalue weighted by Gasteiger charge is -2.48. The van der Waals surface area contributed by atoms with Gasteiger partial charge in [0.1, 0.15) is 11.6 Å². The number of amides is 2. The Bertz CT molecular complexity index is 576. The van der Waals surface area contributed by atoms with Crippen LogP contribution in [0.4, 0.5) is 0 Å². The fourth-order valence-corrected chi connectivity index (χ4v) is 4.01. The first-order valence-corrected chi connectivity index (χ1v) is 8.70. The maximum absolute atomic E-state index is 13.3. The number of rotatable bonds is 3. The van der Waals surface area contributed by atoms with E-state index in [4.69, 9.17) is 0 Å². The number of benzene rings is 1. The smallest absolute Gasteiger partial charge is 0.249 e. The van der Waals surface area contributed by atoms with E-state index in [0.29, 0.717) is 6.54 Å². The average Bonchev–Trinajstić information content (AvgIpc) is 2.54. The monoisotopic (exact) mass is 314 g/mol. The van der Waals surface area contributed by atoms with Gasteiger partial charge in [-0.3, -0.25) is 9.59 Å². The van der Waals surface area contributed by atoms with Crippen molar-refractivity contribution in [1.82, 2.24) is 10.2 Å². The molecule has 3 rings (SSSR count). The number of carbonyl (C=O) groups is 2. The van der Waals surface area contributed by atoms with Gasteiger partial charge < -0.3 is 10.2 Å². The van der Waals surface area contributed by atoms with Crippen molar-refractivity contribution >= 4 is 11.8 Å². The van der Waals surface area contributed by atoms with Crippen molar-refractivity contribution in [3.05, 3.63) is 35.9 Å². The van der Waals surface area contributed by atoms with E-state index in [1.807, 2.05) is 49.1 Å². The molecule has 1 unspecified atom stereocenters. The molecule has 23 heavy (non-hydrogen) atoms. The molecular formula is C19H26N2O2. The zero-order valence-corrected chi connectivity index (χ0v) is 14.0. The normalized spacial score (nSPS) is 24.1. The Morgan fingerprint density at radius 3 is 2.39 bits per heavy atom. The fraction of sp³-hybridized carbons (Fsp3) is 0.579. The molecular weight excluding hydrogens is 288 g/mol. The van der Waals surface area contributed by atoms with Crippen LogP contribution in [0.15, 0.2) is 30.3 Å². The standard InChI is InChI=1S/C19H26N2O2/c1-14(2)16-17(22)20-19(11-7-4-8-12-19)18(23)21(16)13-15-9-5-3-6-10-15/h3,5-6,9-10,14,16H,4,7-8,11-13H2,1-2H3,(H,20,22). The minimum atomic E-state index is -0.657. The van der Waals surface area contributed by atoms with Gasteiger partial charge in [0.05, 0.1) is 0 Å². The lowest BCUT2D eigenvalue weighted by atomic mass is 9.77. The van der Waals surface area contributed by atoms with E-state index in [1.54, 1.807) is 0 Å². The lowest BCUT2D eigenvalue weighted by Crippen LogP contribution is -2.71. The van der Waals surface area contributed by atoms with Crippen molar-refractivity contribution in [1.29, 1.82) is 0 Å². The molecule has 0 radical (unpaired) electrons. The van der Waals surface area contributed by atoms with Crippen molar-refractivity contribution in [3.63, 3.8) is 0 Å². The Balaban J connectivity index is 1.92. The van der Waals surface area contributed by atoms with Crippen LogP contribution in [0.3, 0.4) is 0 Å². The zero-order valence-electron chi connectivity index (χ0n) is 14.0. The largest absolute Gasteiger partial charge is 0.340 e. The van der Waals surface area contributed by atoms with Crippen LogP contribution >= 0.6 is 0 Å². The molecule has 1 aliphatic heterocycles. The first-order valence-electron chi connectivity index (χ1n) is 8.70. The van der Waals surface area contributed by atoms with Gasteiger partial charge in [-0.2, -0.15) is 0 Å². The third-order valence-corrected chi connectivity index (χ3v) is 5.17. The van der Waals surface area contributed by atoms with Gasteiger partial charge in [0.15, 0.2) is 0 Å². The van der Waals surface area contributed by atoms with E-state index >= 15 is 0 Å². The Morgan fingerprint density at radius 2 is 1.78 bits per heavy atom. The van der Waals surface area contributed by atoms with Crippen LogP contribution in [0.25, 0.3) is 0 Å². The number of nitrogens with one attached hydrogen (secondary N) is 1. The van der Waals surface area contributed by atoms with Gasteiger partial charge in [-0.05, 0) is 24.3 Å². The summed E-state index contributed by atoms with van der Waals surface area (Å²) in [6, 6.07) is 9.58. The number of hydrogen-bond acceptors (Lipinski definition) is 2. The third-order valence-electron chi connectivity index (χ3n) is 5.17. The molecule has 1 aliphatic carbocycles. The Kier molecular flexibility index (Phi) is 4.42. The molecule has 4 nitrogen and oxygen atoms in total. The molecule has 4 heteroatoms. The van der Waals surface area contributed by atoms with Crippen LogP contribution in [-0.2, 0) is 16.1 Å². The van der Waals surface area contributed by atoms with Crippen LogP contribution in [0, 0.1) is 5.92 Å². The minimum Gasteiger partial charge on any atom is -0.340 e. The fourth-order valence-electron chi connectivity index (χ4n) is 4.01. The van der Waals surface area contributed by atoms with Gasteiger partial charge >= 0.3 is 0 Å². The molecule has 1 N–H and O–H groups in total. The summed E-state index contributed by atoms with van der Waals surface area (Å²) in [7, 11) is 0. The predicted octanol–water partition coefficient (Wildman–Crippen LogP) is 2.87. The van der Waals surface area contributed by atoms with Crippen LogP contribution in [0.1, 0.15) is 51.5 Å². The average molecular weight is 314 g/mol. The van der Waals surface area contributed by atoms with Gasteiger partial charge in [0.25, 0.3) is 0 Å². The molecule has 1 atom stereocenters. The lowest BCUT2D eigenvalue weighted by molar-refractivity contribution is -0.159. The molecule has 1 saturated heterocycles. The van der Waals surface area contributed by atoms with Crippen molar-refractivity contribution in [2.75, 3.05) is 0 Å². The summed E-state index contributed by atoms with van der Waals surface area (Å²) in [6.45, 7) is 4.53.